The third kappa shape index (κ3) is 22.9. The summed E-state index contributed by atoms with van der Waals surface area (Å²) in [5.74, 6) is 0. The van der Waals surface area contributed by atoms with E-state index >= 15 is 0 Å². The highest BCUT2D eigenvalue weighted by Gasteiger charge is 2.17. The zero-order valence-corrected chi connectivity index (χ0v) is 23.1. The lowest BCUT2D eigenvalue weighted by molar-refractivity contribution is -0.860. The van der Waals surface area contributed by atoms with Gasteiger partial charge in [0.05, 0.1) is 26.3 Å². The summed E-state index contributed by atoms with van der Waals surface area (Å²) in [5.41, 5.74) is 0. The molecular formula is C28H58BrN. The molecule has 30 heavy (non-hydrogen) atoms. The van der Waals surface area contributed by atoms with E-state index in [1.807, 2.05) is 0 Å². The normalized spacial score (nSPS) is 11.9. The third-order valence-electron chi connectivity index (χ3n) is 6.55. The van der Waals surface area contributed by atoms with Crippen molar-refractivity contribution in [2.75, 3.05) is 20.1 Å². The van der Waals surface area contributed by atoms with E-state index in [9.17, 15) is 0 Å². The van der Waals surface area contributed by atoms with Gasteiger partial charge >= 0.3 is 0 Å². The zero-order valence-electron chi connectivity index (χ0n) is 21.5. The quantitative estimate of drug-likeness (QED) is 0.109. The van der Waals surface area contributed by atoms with E-state index in [0.717, 1.165) is 4.48 Å². The van der Waals surface area contributed by atoms with Crippen molar-refractivity contribution >= 4 is 0 Å². The molecule has 1 nitrogen and oxygen atoms in total. The largest absolute Gasteiger partial charge is 1.00 e. The van der Waals surface area contributed by atoms with Crippen LogP contribution in [0.5, 0.6) is 0 Å². The summed E-state index contributed by atoms with van der Waals surface area (Å²) in [5, 5.41) is 0. The number of unbranched alkanes of at least 4 members (excludes halogenated alkanes) is 18. The summed E-state index contributed by atoms with van der Waals surface area (Å²) in [6.45, 7) is 9.46. The monoisotopic (exact) mass is 487 g/mol. The fourth-order valence-electron chi connectivity index (χ4n) is 4.54. The van der Waals surface area contributed by atoms with E-state index in [1.165, 1.54) is 142 Å². The van der Waals surface area contributed by atoms with E-state index in [1.54, 1.807) is 0 Å². The van der Waals surface area contributed by atoms with Crippen LogP contribution in [0.25, 0.3) is 0 Å². The Bertz CT molecular complexity index is 316. The van der Waals surface area contributed by atoms with E-state index in [4.69, 9.17) is 0 Å². The molecule has 0 saturated carbocycles. The fraction of sp³-hybridized carbons (Fsp3) is 0.929. The van der Waals surface area contributed by atoms with Crippen LogP contribution in [0.1, 0.15) is 149 Å². The van der Waals surface area contributed by atoms with Crippen molar-refractivity contribution in [3.8, 4) is 0 Å². The van der Waals surface area contributed by atoms with Crippen molar-refractivity contribution in [2.45, 2.75) is 149 Å². The molecular weight excluding hydrogens is 430 g/mol. The summed E-state index contributed by atoms with van der Waals surface area (Å²) >= 11 is 0. The molecule has 0 bridgehead atoms. The van der Waals surface area contributed by atoms with Crippen molar-refractivity contribution in [1.29, 1.82) is 0 Å². The predicted octanol–water partition coefficient (Wildman–Crippen LogP) is 6.81. The molecule has 0 saturated heterocycles. The maximum absolute atomic E-state index is 2.45. The van der Waals surface area contributed by atoms with Crippen LogP contribution in [-0.2, 0) is 0 Å². The smallest absolute Gasteiger partial charge is 0.0913 e. The Balaban J connectivity index is 0. The molecule has 2 heteroatoms. The van der Waals surface area contributed by atoms with Crippen molar-refractivity contribution in [1.82, 2.24) is 0 Å². The minimum absolute atomic E-state index is 0. The molecule has 0 fully saturated rings. The van der Waals surface area contributed by atoms with Crippen LogP contribution in [0.2, 0.25) is 0 Å². The van der Waals surface area contributed by atoms with Crippen molar-refractivity contribution < 1.29 is 21.5 Å². The molecule has 0 spiro atoms. The predicted molar refractivity (Wildman–Crippen MR) is 134 cm³/mol. The van der Waals surface area contributed by atoms with Gasteiger partial charge in [0, 0.05) is 0 Å². The molecule has 0 atom stereocenters. The standard InChI is InChI=1S/C28H58N.BrH/c1-5-8-10-12-14-16-18-20-22-24-27-29(4,26-7-3)28-25-23-21-19-17-15-13-11-9-6-2;/h7,26H,5-6,8-25,27-28H2,1-4H3;1H/q+1;/p-1. The van der Waals surface area contributed by atoms with Gasteiger partial charge in [-0.2, -0.15) is 0 Å². The zero-order chi connectivity index (χ0) is 21.5. The number of quaternary nitrogens is 1. The van der Waals surface area contributed by atoms with Gasteiger partial charge < -0.3 is 17.0 Å². The number of allylic oxidation sites excluding steroid dienone is 1. The molecule has 182 valence electrons. The summed E-state index contributed by atoms with van der Waals surface area (Å²) in [6.07, 6.45) is 33.4. The fourth-order valence-corrected chi connectivity index (χ4v) is 4.54. The Morgan fingerprint density at radius 1 is 0.467 bits per heavy atom. The van der Waals surface area contributed by atoms with E-state index in [0.29, 0.717) is 0 Å². The van der Waals surface area contributed by atoms with Gasteiger partial charge in [-0.15, -0.1) is 0 Å². The van der Waals surface area contributed by atoms with Crippen LogP contribution < -0.4 is 17.0 Å². The van der Waals surface area contributed by atoms with Crippen LogP contribution in [0.4, 0.5) is 0 Å². The minimum Gasteiger partial charge on any atom is -1.00 e. The van der Waals surface area contributed by atoms with Crippen LogP contribution >= 0.6 is 0 Å². The third-order valence-corrected chi connectivity index (χ3v) is 6.55. The first kappa shape index (κ1) is 32.4. The lowest BCUT2D eigenvalue weighted by atomic mass is 10.1. The van der Waals surface area contributed by atoms with Gasteiger partial charge in [-0.05, 0) is 38.7 Å². The first-order valence-electron chi connectivity index (χ1n) is 13.7. The van der Waals surface area contributed by atoms with E-state index in [2.05, 4.69) is 40.1 Å². The Labute approximate surface area is 202 Å². The molecule has 0 aromatic carbocycles. The van der Waals surface area contributed by atoms with E-state index in [-0.39, 0.29) is 17.0 Å². The Hall–Kier alpha value is 0.180. The average molecular weight is 489 g/mol. The Morgan fingerprint density at radius 2 is 0.733 bits per heavy atom. The molecule has 0 unspecified atom stereocenters. The molecule has 0 N–H and O–H groups in total. The summed E-state index contributed by atoms with van der Waals surface area (Å²) in [6, 6.07) is 0. The van der Waals surface area contributed by atoms with Crippen LogP contribution in [0, 0.1) is 0 Å². The molecule has 0 heterocycles. The van der Waals surface area contributed by atoms with Crippen LogP contribution in [0.15, 0.2) is 12.3 Å². The van der Waals surface area contributed by atoms with E-state index < -0.39 is 0 Å². The van der Waals surface area contributed by atoms with Gasteiger partial charge in [0.2, 0.25) is 0 Å². The Morgan fingerprint density at radius 3 is 1.00 bits per heavy atom. The molecule has 0 aliphatic rings. The SMILES string of the molecule is CC=C[N+](C)(CCCCCCCCCCCC)CCCCCCCCCCCC.[Br-]. The van der Waals surface area contributed by atoms with Crippen LogP contribution in [-0.4, -0.2) is 24.6 Å². The molecule has 0 aliphatic heterocycles. The van der Waals surface area contributed by atoms with Crippen molar-refractivity contribution in [3.05, 3.63) is 12.3 Å². The molecule has 0 amide bonds. The number of hydrogen-bond acceptors (Lipinski definition) is 0. The van der Waals surface area contributed by atoms with Gasteiger partial charge in [-0.3, -0.25) is 4.48 Å². The lowest BCUT2D eigenvalue weighted by Gasteiger charge is -2.30. The molecule has 0 rings (SSSR count). The van der Waals surface area contributed by atoms with Gasteiger partial charge in [-0.25, -0.2) is 0 Å². The highest BCUT2D eigenvalue weighted by molar-refractivity contribution is 4.68. The second kappa shape index (κ2) is 25.4. The Kier molecular flexibility index (Phi) is 27.4. The average Bonchev–Trinajstić information content (AvgIpc) is 2.71. The number of halogens is 1. The number of nitrogens with zero attached hydrogens (tertiary/aromatic N) is 1. The molecule has 0 aromatic rings. The van der Waals surface area contributed by atoms with Gasteiger partial charge in [-0.1, -0.05) is 117 Å². The summed E-state index contributed by atoms with van der Waals surface area (Å²) in [4.78, 5) is 0. The summed E-state index contributed by atoms with van der Waals surface area (Å²) < 4.78 is 1.16. The number of hydrogen-bond donors (Lipinski definition) is 0. The summed E-state index contributed by atoms with van der Waals surface area (Å²) in [7, 11) is 2.45. The maximum Gasteiger partial charge on any atom is 0.0913 e. The maximum atomic E-state index is 2.45. The molecule has 0 aromatic heterocycles. The van der Waals surface area contributed by atoms with Gasteiger partial charge in [0.15, 0.2) is 0 Å². The minimum atomic E-state index is 0. The molecule has 0 aliphatic carbocycles. The first-order chi connectivity index (χ1) is 14.2. The second-order valence-electron chi connectivity index (χ2n) is 9.77. The highest BCUT2D eigenvalue weighted by Crippen LogP contribution is 2.16. The molecule has 0 radical (unpaired) electrons. The highest BCUT2D eigenvalue weighted by atomic mass is 79.9. The van der Waals surface area contributed by atoms with Crippen molar-refractivity contribution in [2.24, 2.45) is 0 Å². The van der Waals surface area contributed by atoms with Gasteiger partial charge in [0.25, 0.3) is 0 Å². The van der Waals surface area contributed by atoms with Crippen molar-refractivity contribution in [3.63, 3.8) is 0 Å². The second-order valence-corrected chi connectivity index (χ2v) is 9.77. The topological polar surface area (TPSA) is 0 Å². The first-order valence-corrected chi connectivity index (χ1v) is 13.7. The lowest BCUT2D eigenvalue weighted by Crippen LogP contribution is -3.00. The van der Waals surface area contributed by atoms with Gasteiger partial charge in [0.1, 0.15) is 0 Å². The van der Waals surface area contributed by atoms with Crippen LogP contribution in [0.3, 0.4) is 0 Å². The number of rotatable bonds is 23.